The minimum atomic E-state index is -3.85. The molecule has 0 aromatic heterocycles. The summed E-state index contributed by atoms with van der Waals surface area (Å²) >= 11 is 0. The van der Waals surface area contributed by atoms with Crippen LogP contribution in [0.4, 0.5) is 0 Å². The van der Waals surface area contributed by atoms with E-state index in [1.54, 1.807) is 19.2 Å². The van der Waals surface area contributed by atoms with Gasteiger partial charge in [0.2, 0.25) is 0 Å². The van der Waals surface area contributed by atoms with Gasteiger partial charge in [-0.1, -0.05) is 48.0 Å². The molecule has 2 aliphatic rings. The standard InChI is InChI=1S/C23H28O7S/c1-17-8-10-19(11-9-17)31(24,25)29-13-12-23-22(26-2)14-20(21(30-23)16-28-23)27-15-18-6-4-3-5-7-18/h3-11,20-22H,12-16H2,1-2H3/t20-,21+,22+,23?/m0/s1. The second-order valence-electron chi connectivity index (χ2n) is 7.91. The second kappa shape index (κ2) is 9.36. The van der Waals surface area contributed by atoms with Gasteiger partial charge in [-0.3, -0.25) is 4.18 Å². The van der Waals surface area contributed by atoms with Crippen molar-refractivity contribution in [1.82, 2.24) is 0 Å². The molecule has 2 aliphatic heterocycles. The lowest BCUT2D eigenvalue weighted by Gasteiger charge is -2.41. The lowest BCUT2D eigenvalue weighted by molar-refractivity contribution is -0.278. The fourth-order valence-corrected chi connectivity index (χ4v) is 4.94. The zero-order chi connectivity index (χ0) is 21.9. The molecule has 2 heterocycles. The van der Waals surface area contributed by atoms with Crippen LogP contribution in [0.1, 0.15) is 24.0 Å². The predicted octanol–water partition coefficient (Wildman–Crippen LogP) is 3.21. The molecular formula is C23H28O7S. The van der Waals surface area contributed by atoms with Crippen LogP contribution in [0.3, 0.4) is 0 Å². The second-order valence-corrected chi connectivity index (χ2v) is 9.53. The molecule has 2 fully saturated rings. The minimum absolute atomic E-state index is 0.0711. The molecule has 0 spiro atoms. The highest BCUT2D eigenvalue weighted by Crippen LogP contribution is 2.42. The fourth-order valence-electron chi connectivity index (χ4n) is 4.03. The van der Waals surface area contributed by atoms with Gasteiger partial charge in [0.25, 0.3) is 10.1 Å². The van der Waals surface area contributed by atoms with Gasteiger partial charge >= 0.3 is 0 Å². The average molecular weight is 449 g/mol. The van der Waals surface area contributed by atoms with Crippen molar-refractivity contribution in [3.05, 3.63) is 65.7 Å². The maximum Gasteiger partial charge on any atom is 0.296 e. The third-order valence-corrected chi connectivity index (χ3v) is 7.11. The van der Waals surface area contributed by atoms with E-state index in [9.17, 15) is 8.42 Å². The van der Waals surface area contributed by atoms with Crippen LogP contribution in [-0.4, -0.2) is 52.8 Å². The van der Waals surface area contributed by atoms with E-state index in [0.29, 0.717) is 19.6 Å². The Bertz CT molecular complexity index is 961. The van der Waals surface area contributed by atoms with Crippen molar-refractivity contribution >= 4 is 10.1 Å². The van der Waals surface area contributed by atoms with Crippen LogP contribution in [-0.2, 0) is 39.9 Å². The molecule has 2 saturated heterocycles. The summed E-state index contributed by atoms with van der Waals surface area (Å²) in [4.78, 5) is 0.128. The molecule has 4 rings (SSSR count). The lowest BCUT2D eigenvalue weighted by Crippen LogP contribution is -2.53. The van der Waals surface area contributed by atoms with E-state index in [2.05, 4.69) is 0 Å². The van der Waals surface area contributed by atoms with Crippen LogP contribution >= 0.6 is 0 Å². The van der Waals surface area contributed by atoms with E-state index in [4.69, 9.17) is 23.1 Å². The predicted molar refractivity (Wildman–Crippen MR) is 113 cm³/mol. The Labute approximate surface area is 183 Å². The Kier molecular flexibility index (Phi) is 6.76. The summed E-state index contributed by atoms with van der Waals surface area (Å²) in [5, 5.41) is 0. The summed E-state index contributed by atoms with van der Waals surface area (Å²) in [5.41, 5.74) is 2.06. The molecule has 2 aromatic carbocycles. The molecule has 0 aliphatic carbocycles. The number of benzene rings is 2. The zero-order valence-corrected chi connectivity index (χ0v) is 18.5. The van der Waals surface area contributed by atoms with E-state index in [-0.39, 0.29) is 30.1 Å². The highest BCUT2D eigenvalue weighted by atomic mass is 32.2. The van der Waals surface area contributed by atoms with E-state index >= 15 is 0 Å². The maximum atomic E-state index is 12.5. The number of fused-ring (bicyclic) bond motifs is 2. The number of methoxy groups -OCH3 is 1. The molecule has 0 N–H and O–H groups in total. The molecule has 7 nitrogen and oxygen atoms in total. The fraction of sp³-hybridized carbons (Fsp3) is 0.478. The van der Waals surface area contributed by atoms with E-state index in [1.807, 2.05) is 37.3 Å². The largest absolute Gasteiger partial charge is 0.376 e. The highest BCUT2D eigenvalue weighted by Gasteiger charge is 2.55. The van der Waals surface area contributed by atoms with Crippen molar-refractivity contribution in [3.8, 4) is 0 Å². The molecule has 2 bridgehead atoms. The van der Waals surface area contributed by atoms with Crippen molar-refractivity contribution in [3.63, 3.8) is 0 Å². The summed E-state index contributed by atoms with van der Waals surface area (Å²) in [6.07, 6.45) is 0.0385. The molecule has 1 unspecified atom stereocenters. The van der Waals surface area contributed by atoms with Crippen LogP contribution in [0.25, 0.3) is 0 Å². The number of hydrogen-bond donors (Lipinski definition) is 0. The molecule has 2 aromatic rings. The van der Waals surface area contributed by atoms with Crippen molar-refractivity contribution in [2.45, 2.75) is 55.4 Å². The first-order valence-corrected chi connectivity index (χ1v) is 11.8. The molecule has 4 atom stereocenters. The van der Waals surface area contributed by atoms with Crippen LogP contribution in [0.15, 0.2) is 59.5 Å². The zero-order valence-electron chi connectivity index (χ0n) is 17.7. The van der Waals surface area contributed by atoms with Gasteiger partial charge in [0.1, 0.15) is 12.2 Å². The number of ether oxygens (including phenoxy) is 4. The topological polar surface area (TPSA) is 80.3 Å². The summed E-state index contributed by atoms with van der Waals surface area (Å²) in [6.45, 7) is 2.67. The molecule has 31 heavy (non-hydrogen) atoms. The van der Waals surface area contributed by atoms with E-state index in [1.165, 1.54) is 12.1 Å². The average Bonchev–Trinajstić information content (AvgIpc) is 3.14. The van der Waals surface area contributed by atoms with Gasteiger partial charge in [-0.2, -0.15) is 8.42 Å². The van der Waals surface area contributed by atoms with Gasteiger partial charge in [-0.25, -0.2) is 0 Å². The first kappa shape index (κ1) is 22.4. The van der Waals surface area contributed by atoms with Crippen LogP contribution in [0.2, 0.25) is 0 Å². The summed E-state index contributed by atoms with van der Waals surface area (Å²) in [7, 11) is -2.26. The van der Waals surface area contributed by atoms with Crippen LogP contribution < -0.4 is 0 Å². The molecule has 0 amide bonds. The Morgan fingerprint density at radius 3 is 2.55 bits per heavy atom. The molecule has 8 heteroatoms. The Morgan fingerprint density at radius 2 is 1.84 bits per heavy atom. The van der Waals surface area contributed by atoms with Crippen LogP contribution in [0, 0.1) is 6.92 Å². The first-order valence-electron chi connectivity index (χ1n) is 10.4. The molecular weight excluding hydrogens is 420 g/mol. The van der Waals surface area contributed by atoms with Gasteiger partial charge < -0.3 is 18.9 Å². The minimum Gasteiger partial charge on any atom is -0.376 e. The number of aryl methyl sites for hydroxylation is 1. The molecule has 0 radical (unpaired) electrons. The Morgan fingerprint density at radius 1 is 1.10 bits per heavy atom. The summed E-state index contributed by atoms with van der Waals surface area (Å²) < 4.78 is 54.1. The smallest absolute Gasteiger partial charge is 0.296 e. The van der Waals surface area contributed by atoms with Crippen molar-refractivity contribution in [2.75, 3.05) is 20.3 Å². The van der Waals surface area contributed by atoms with Gasteiger partial charge in [-0.05, 0) is 24.6 Å². The van der Waals surface area contributed by atoms with Crippen molar-refractivity contribution in [1.29, 1.82) is 0 Å². The van der Waals surface area contributed by atoms with E-state index in [0.717, 1.165) is 11.1 Å². The third-order valence-electron chi connectivity index (χ3n) is 5.78. The third kappa shape index (κ3) is 5.00. The highest BCUT2D eigenvalue weighted by molar-refractivity contribution is 7.86. The normalized spacial score (nSPS) is 28.0. The number of hydrogen-bond acceptors (Lipinski definition) is 7. The molecule has 0 saturated carbocycles. The van der Waals surface area contributed by atoms with Gasteiger partial charge in [-0.15, -0.1) is 0 Å². The summed E-state index contributed by atoms with van der Waals surface area (Å²) in [6, 6.07) is 16.5. The summed E-state index contributed by atoms with van der Waals surface area (Å²) in [5.74, 6) is -1.03. The first-order chi connectivity index (χ1) is 14.9. The maximum absolute atomic E-state index is 12.5. The quantitative estimate of drug-likeness (QED) is 0.545. The van der Waals surface area contributed by atoms with Gasteiger partial charge in [0.15, 0.2) is 5.79 Å². The van der Waals surface area contributed by atoms with Gasteiger partial charge in [0.05, 0.1) is 30.8 Å². The van der Waals surface area contributed by atoms with Crippen molar-refractivity contribution < 1.29 is 31.5 Å². The molecule has 168 valence electrons. The SMILES string of the molecule is CO[C@@H]1C[C@H](OCc2ccccc2)[C@H]2COC1(CCOS(=O)(=O)c1ccc(C)cc1)O2. The van der Waals surface area contributed by atoms with E-state index < -0.39 is 22.0 Å². The van der Waals surface area contributed by atoms with Gasteiger partial charge in [0, 0.05) is 20.0 Å². The lowest BCUT2D eigenvalue weighted by atomic mass is 9.95. The monoisotopic (exact) mass is 448 g/mol. The Hall–Kier alpha value is -1.81. The number of rotatable bonds is 9. The Balaban J connectivity index is 1.35. The van der Waals surface area contributed by atoms with Crippen molar-refractivity contribution in [2.24, 2.45) is 0 Å². The van der Waals surface area contributed by atoms with Crippen LogP contribution in [0.5, 0.6) is 0 Å².